The fraction of sp³-hybridized carbons (Fsp3) is 0.529. The van der Waals surface area contributed by atoms with Crippen LogP contribution in [0.25, 0.3) is 0 Å². The quantitative estimate of drug-likeness (QED) is 0.680. The number of benzene rings is 1. The van der Waals surface area contributed by atoms with Crippen molar-refractivity contribution in [2.24, 2.45) is 0 Å². The Hall–Kier alpha value is -0.260. The van der Waals surface area contributed by atoms with Crippen molar-refractivity contribution < 1.29 is 5.11 Å². The monoisotopic (exact) mass is 424 g/mol. The molecule has 0 aliphatic carbocycles. The molecule has 1 atom stereocenters. The molecule has 0 bridgehead atoms. The summed E-state index contributed by atoms with van der Waals surface area (Å²) in [5.74, 6) is 0.417. The third-order valence-electron chi connectivity index (χ3n) is 4.28. The second kappa shape index (κ2) is 10.6. The predicted molar refractivity (Wildman–Crippen MR) is 106 cm³/mol. The van der Waals surface area contributed by atoms with Crippen LogP contribution in [0.15, 0.2) is 23.2 Å². The molecule has 23 heavy (non-hydrogen) atoms. The van der Waals surface area contributed by atoms with Crippen molar-refractivity contribution in [1.82, 2.24) is 10.2 Å². The Balaban J connectivity index is 0.00000242. The standard InChI is InChI=1S/C17H25BrN2O.2ClH/c1-4-5-6-14(20-9-7-19-8-10-20)16-13(3)17(18)12(2)11-15(16)21;;/h4,11,14,19,21H,1,5-10H2,2-3H3;2*1H/t14-;;/m0../s1. The summed E-state index contributed by atoms with van der Waals surface area (Å²) in [6.45, 7) is 12.0. The summed E-state index contributed by atoms with van der Waals surface area (Å²) in [7, 11) is 0. The molecule has 0 unspecified atom stereocenters. The third-order valence-corrected chi connectivity index (χ3v) is 5.50. The van der Waals surface area contributed by atoms with Crippen LogP contribution in [0.3, 0.4) is 0 Å². The summed E-state index contributed by atoms with van der Waals surface area (Å²) in [6.07, 6.45) is 3.91. The van der Waals surface area contributed by atoms with E-state index in [0.29, 0.717) is 5.75 Å². The normalized spacial score (nSPS) is 16.1. The zero-order valence-electron chi connectivity index (χ0n) is 13.8. The Morgan fingerprint density at radius 3 is 2.52 bits per heavy atom. The SMILES string of the molecule is C=CCC[C@@H](c1c(O)cc(C)c(Br)c1C)N1CCNCC1.Cl.Cl. The smallest absolute Gasteiger partial charge is 0.120 e. The molecule has 0 aromatic heterocycles. The lowest BCUT2D eigenvalue weighted by Crippen LogP contribution is -2.45. The summed E-state index contributed by atoms with van der Waals surface area (Å²) < 4.78 is 1.11. The van der Waals surface area contributed by atoms with Crippen molar-refractivity contribution in [3.63, 3.8) is 0 Å². The van der Waals surface area contributed by atoms with Gasteiger partial charge in [0.2, 0.25) is 0 Å². The van der Waals surface area contributed by atoms with Crippen molar-refractivity contribution in [3.8, 4) is 5.75 Å². The van der Waals surface area contributed by atoms with Gasteiger partial charge in [-0.3, -0.25) is 4.90 Å². The predicted octanol–water partition coefficient (Wildman–Crippen LogP) is 4.53. The van der Waals surface area contributed by atoms with Crippen LogP contribution in [0, 0.1) is 13.8 Å². The van der Waals surface area contributed by atoms with Crippen molar-refractivity contribution in [2.75, 3.05) is 26.2 Å². The highest BCUT2D eigenvalue weighted by Crippen LogP contribution is 2.39. The number of aryl methyl sites for hydroxylation is 1. The minimum Gasteiger partial charge on any atom is -0.508 e. The van der Waals surface area contributed by atoms with E-state index in [0.717, 1.165) is 60.2 Å². The number of piperazine rings is 1. The number of hydrogen-bond acceptors (Lipinski definition) is 3. The van der Waals surface area contributed by atoms with Gasteiger partial charge < -0.3 is 10.4 Å². The van der Waals surface area contributed by atoms with Gasteiger partial charge in [0.05, 0.1) is 0 Å². The van der Waals surface area contributed by atoms with E-state index < -0.39 is 0 Å². The van der Waals surface area contributed by atoms with Crippen molar-refractivity contribution >= 4 is 40.7 Å². The molecule has 1 fully saturated rings. The molecule has 1 aliphatic heterocycles. The Bertz CT molecular complexity index is 520. The molecule has 132 valence electrons. The molecule has 2 N–H and O–H groups in total. The van der Waals surface area contributed by atoms with E-state index in [2.05, 4.69) is 39.6 Å². The molecule has 1 aliphatic rings. The maximum absolute atomic E-state index is 10.5. The van der Waals surface area contributed by atoms with Gasteiger partial charge in [-0.15, -0.1) is 31.4 Å². The Morgan fingerprint density at radius 1 is 1.35 bits per heavy atom. The molecule has 1 heterocycles. The highest BCUT2D eigenvalue weighted by atomic mass is 79.9. The molecule has 0 radical (unpaired) electrons. The number of halogens is 3. The van der Waals surface area contributed by atoms with Crippen molar-refractivity contribution in [2.45, 2.75) is 32.7 Å². The number of hydrogen-bond donors (Lipinski definition) is 2. The van der Waals surface area contributed by atoms with Gasteiger partial charge in [0, 0.05) is 42.3 Å². The minimum absolute atomic E-state index is 0. The van der Waals surface area contributed by atoms with Gasteiger partial charge >= 0.3 is 0 Å². The summed E-state index contributed by atoms with van der Waals surface area (Å²) in [4.78, 5) is 2.48. The zero-order valence-corrected chi connectivity index (χ0v) is 17.0. The molecule has 0 amide bonds. The van der Waals surface area contributed by atoms with Crippen molar-refractivity contribution in [3.05, 3.63) is 39.9 Å². The molecule has 3 nitrogen and oxygen atoms in total. The number of phenolic OH excluding ortho intramolecular Hbond substituents is 1. The summed E-state index contributed by atoms with van der Waals surface area (Å²) in [5, 5.41) is 13.9. The Morgan fingerprint density at radius 2 is 1.96 bits per heavy atom. The van der Waals surface area contributed by atoms with Gasteiger partial charge in [-0.25, -0.2) is 0 Å². The summed E-state index contributed by atoms with van der Waals surface area (Å²) in [6, 6.07) is 2.12. The fourth-order valence-corrected chi connectivity index (χ4v) is 3.48. The average Bonchev–Trinajstić information content (AvgIpc) is 2.49. The number of rotatable bonds is 5. The molecule has 1 aromatic carbocycles. The van der Waals surface area contributed by atoms with Gasteiger partial charge in [-0.05, 0) is 43.9 Å². The number of nitrogens with zero attached hydrogens (tertiary/aromatic N) is 1. The van der Waals surface area contributed by atoms with Crippen LogP contribution >= 0.6 is 40.7 Å². The van der Waals surface area contributed by atoms with E-state index >= 15 is 0 Å². The van der Waals surface area contributed by atoms with Crippen LogP contribution in [-0.2, 0) is 0 Å². The molecular formula is C17H27BrCl2N2O. The minimum atomic E-state index is 0. The van der Waals surface area contributed by atoms with Crippen LogP contribution in [0.1, 0.15) is 35.6 Å². The highest BCUT2D eigenvalue weighted by Gasteiger charge is 2.26. The number of phenols is 1. The number of allylic oxidation sites excluding steroid dienone is 1. The van der Waals surface area contributed by atoms with Gasteiger partial charge in [0.15, 0.2) is 0 Å². The van der Waals surface area contributed by atoms with Gasteiger partial charge in [0.1, 0.15) is 5.75 Å². The van der Waals surface area contributed by atoms with Crippen molar-refractivity contribution in [1.29, 1.82) is 0 Å². The van der Waals surface area contributed by atoms with Gasteiger partial charge in [-0.2, -0.15) is 0 Å². The number of nitrogens with one attached hydrogen (secondary N) is 1. The molecule has 6 heteroatoms. The summed E-state index contributed by atoms with van der Waals surface area (Å²) >= 11 is 3.66. The van der Waals surface area contributed by atoms with E-state index in [9.17, 15) is 5.11 Å². The second-order valence-corrected chi connectivity index (χ2v) is 6.53. The first-order valence-corrected chi connectivity index (χ1v) is 8.39. The van der Waals surface area contributed by atoms with Crippen LogP contribution in [0.4, 0.5) is 0 Å². The lowest BCUT2D eigenvalue weighted by Gasteiger charge is -2.36. The van der Waals surface area contributed by atoms with E-state index in [-0.39, 0.29) is 30.9 Å². The molecule has 1 saturated heterocycles. The largest absolute Gasteiger partial charge is 0.508 e. The Kier molecular flexibility index (Phi) is 10.5. The molecule has 2 rings (SSSR count). The van der Waals surface area contributed by atoms with E-state index in [1.54, 1.807) is 0 Å². The molecule has 0 saturated carbocycles. The maximum atomic E-state index is 10.5. The molecule has 0 spiro atoms. The number of aromatic hydroxyl groups is 1. The zero-order chi connectivity index (χ0) is 15.4. The lowest BCUT2D eigenvalue weighted by atomic mass is 9.93. The van der Waals surface area contributed by atoms with E-state index in [1.165, 1.54) is 0 Å². The van der Waals surface area contributed by atoms with Crippen LogP contribution < -0.4 is 5.32 Å². The summed E-state index contributed by atoms with van der Waals surface area (Å²) in [5.41, 5.74) is 3.30. The highest BCUT2D eigenvalue weighted by molar-refractivity contribution is 9.10. The molecular weight excluding hydrogens is 399 g/mol. The van der Waals surface area contributed by atoms with Crippen LogP contribution in [0.2, 0.25) is 0 Å². The van der Waals surface area contributed by atoms with E-state index in [4.69, 9.17) is 0 Å². The Labute approximate surface area is 160 Å². The first-order valence-electron chi connectivity index (χ1n) is 7.60. The first-order chi connectivity index (χ1) is 10.1. The van der Waals surface area contributed by atoms with Crippen LogP contribution in [-0.4, -0.2) is 36.2 Å². The maximum Gasteiger partial charge on any atom is 0.120 e. The van der Waals surface area contributed by atoms with E-state index in [1.807, 2.05) is 19.1 Å². The fourth-order valence-electron chi connectivity index (χ4n) is 3.15. The topological polar surface area (TPSA) is 35.5 Å². The first kappa shape index (κ1) is 22.7. The lowest BCUT2D eigenvalue weighted by molar-refractivity contribution is 0.163. The van der Waals surface area contributed by atoms with Gasteiger partial charge in [0.25, 0.3) is 0 Å². The average molecular weight is 426 g/mol. The third kappa shape index (κ3) is 5.36. The molecule has 1 aromatic rings. The van der Waals surface area contributed by atoms with Crippen LogP contribution in [0.5, 0.6) is 5.75 Å². The second-order valence-electron chi connectivity index (χ2n) is 5.73. The van der Waals surface area contributed by atoms with Gasteiger partial charge in [-0.1, -0.05) is 22.0 Å².